The molecule has 0 heterocycles. The number of nitrogens with two attached hydrogens (primary N) is 1. The van der Waals surface area contributed by atoms with Crippen molar-refractivity contribution < 1.29 is 9.13 Å². The Morgan fingerprint density at radius 3 is 2.59 bits per heavy atom. The summed E-state index contributed by atoms with van der Waals surface area (Å²) in [4.78, 5) is 0. The van der Waals surface area contributed by atoms with E-state index in [0.29, 0.717) is 22.9 Å². The molecule has 1 aliphatic carbocycles. The van der Waals surface area contributed by atoms with Crippen molar-refractivity contribution in [2.24, 2.45) is 5.73 Å². The Morgan fingerprint density at radius 2 is 2.18 bits per heavy atom. The zero-order chi connectivity index (χ0) is 12.6. The predicted octanol–water partition coefficient (Wildman–Crippen LogP) is 3.18. The van der Waals surface area contributed by atoms with E-state index in [1.807, 2.05) is 0 Å². The monoisotopic (exact) mass is 257 g/mol. The number of hydrogen-bond acceptors (Lipinski definition) is 2. The number of methoxy groups -OCH3 is 1. The van der Waals surface area contributed by atoms with Crippen LogP contribution in [0, 0.1) is 12.7 Å². The number of hydrogen-bond donors (Lipinski definition) is 1. The molecular formula is C13H17ClFNO. The van der Waals surface area contributed by atoms with Gasteiger partial charge in [-0.1, -0.05) is 18.0 Å². The highest BCUT2D eigenvalue weighted by atomic mass is 35.5. The fourth-order valence-corrected chi connectivity index (χ4v) is 2.96. The average molecular weight is 258 g/mol. The van der Waals surface area contributed by atoms with Crippen LogP contribution in [-0.2, 0) is 5.41 Å². The van der Waals surface area contributed by atoms with Crippen molar-refractivity contribution in [1.29, 1.82) is 0 Å². The summed E-state index contributed by atoms with van der Waals surface area (Å²) in [6, 6.07) is 1.31. The summed E-state index contributed by atoms with van der Waals surface area (Å²) in [7, 11) is 1.56. The van der Waals surface area contributed by atoms with Gasteiger partial charge in [-0.25, -0.2) is 4.39 Å². The van der Waals surface area contributed by atoms with E-state index in [1.165, 1.54) is 6.07 Å². The molecule has 0 aliphatic heterocycles. The molecule has 1 aromatic rings. The molecule has 2 rings (SSSR count). The highest BCUT2D eigenvalue weighted by Gasteiger charge is 2.41. The van der Waals surface area contributed by atoms with Gasteiger partial charge in [-0.05, 0) is 31.4 Å². The summed E-state index contributed by atoms with van der Waals surface area (Å²) in [5.74, 6) is 0.293. The van der Waals surface area contributed by atoms with Gasteiger partial charge < -0.3 is 10.5 Å². The molecule has 0 radical (unpaired) electrons. The van der Waals surface area contributed by atoms with Crippen LogP contribution in [-0.4, -0.2) is 13.7 Å². The van der Waals surface area contributed by atoms with E-state index in [4.69, 9.17) is 22.1 Å². The quantitative estimate of drug-likeness (QED) is 0.903. The maximum atomic E-state index is 13.8. The lowest BCUT2D eigenvalue weighted by Crippen LogP contribution is -2.42. The molecule has 0 atom stereocenters. The Kier molecular flexibility index (Phi) is 3.32. The lowest BCUT2D eigenvalue weighted by Gasteiger charge is -2.43. The number of halogens is 2. The van der Waals surface area contributed by atoms with Crippen LogP contribution in [0.2, 0.25) is 5.02 Å². The third-order valence-corrected chi connectivity index (χ3v) is 4.15. The van der Waals surface area contributed by atoms with Gasteiger partial charge in [-0.3, -0.25) is 0 Å². The Labute approximate surface area is 106 Å². The van der Waals surface area contributed by atoms with Crippen molar-refractivity contribution in [1.82, 2.24) is 0 Å². The van der Waals surface area contributed by atoms with Crippen molar-refractivity contribution in [3.63, 3.8) is 0 Å². The summed E-state index contributed by atoms with van der Waals surface area (Å²) in [6.45, 7) is 2.27. The second kappa shape index (κ2) is 4.46. The van der Waals surface area contributed by atoms with Gasteiger partial charge in [0, 0.05) is 17.5 Å². The molecule has 1 saturated carbocycles. The number of rotatable bonds is 3. The number of benzene rings is 1. The van der Waals surface area contributed by atoms with Crippen LogP contribution in [0.1, 0.15) is 30.4 Å². The maximum Gasteiger partial charge on any atom is 0.141 e. The molecule has 1 aliphatic rings. The topological polar surface area (TPSA) is 35.2 Å². The van der Waals surface area contributed by atoms with E-state index in [9.17, 15) is 4.39 Å². The molecule has 94 valence electrons. The Morgan fingerprint density at radius 1 is 1.53 bits per heavy atom. The SMILES string of the molecule is COc1c(Cl)cc(F)c(C)c1C1(CN)CCC1. The van der Waals surface area contributed by atoms with E-state index in [2.05, 4.69) is 0 Å². The largest absolute Gasteiger partial charge is 0.495 e. The van der Waals surface area contributed by atoms with Gasteiger partial charge in [0.25, 0.3) is 0 Å². The zero-order valence-corrected chi connectivity index (χ0v) is 10.9. The van der Waals surface area contributed by atoms with Crippen molar-refractivity contribution >= 4 is 11.6 Å². The Bertz CT molecular complexity index is 438. The van der Waals surface area contributed by atoms with Gasteiger partial charge in [-0.2, -0.15) is 0 Å². The Balaban J connectivity index is 2.65. The summed E-state index contributed by atoms with van der Waals surface area (Å²) in [6.07, 6.45) is 3.06. The maximum absolute atomic E-state index is 13.8. The van der Waals surface area contributed by atoms with E-state index < -0.39 is 0 Å². The average Bonchev–Trinajstić information content (AvgIpc) is 2.24. The highest BCUT2D eigenvalue weighted by Crippen LogP contribution is 2.50. The van der Waals surface area contributed by atoms with E-state index in [0.717, 1.165) is 24.8 Å². The lowest BCUT2D eigenvalue weighted by atomic mass is 9.63. The molecule has 0 spiro atoms. The van der Waals surface area contributed by atoms with Crippen LogP contribution in [0.25, 0.3) is 0 Å². The first-order chi connectivity index (χ1) is 8.05. The molecule has 2 nitrogen and oxygen atoms in total. The van der Waals surface area contributed by atoms with Crippen molar-refractivity contribution in [3.05, 3.63) is 28.0 Å². The van der Waals surface area contributed by atoms with Crippen molar-refractivity contribution in [3.8, 4) is 5.75 Å². The van der Waals surface area contributed by atoms with Crippen LogP contribution in [0.5, 0.6) is 5.75 Å². The molecule has 0 bridgehead atoms. The van der Waals surface area contributed by atoms with E-state index in [1.54, 1.807) is 14.0 Å². The second-order valence-electron chi connectivity index (χ2n) is 4.71. The van der Waals surface area contributed by atoms with Crippen LogP contribution >= 0.6 is 11.6 Å². The molecule has 4 heteroatoms. The van der Waals surface area contributed by atoms with Gasteiger partial charge in [0.2, 0.25) is 0 Å². The minimum atomic E-state index is -0.287. The lowest BCUT2D eigenvalue weighted by molar-refractivity contribution is 0.241. The van der Waals surface area contributed by atoms with Crippen LogP contribution in [0.3, 0.4) is 0 Å². The predicted molar refractivity (Wildman–Crippen MR) is 67.3 cm³/mol. The Hall–Kier alpha value is -0.800. The summed E-state index contributed by atoms with van der Waals surface area (Å²) < 4.78 is 19.1. The van der Waals surface area contributed by atoms with E-state index in [-0.39, 0.29) is 11.2 Å². The molecule has 0 amide bonds. The first kappa shape index (κ1) is 12.7. The summed E-state index contributed by atoms with van der Waals surface area (Å²) >= 11 is 6.05. The molecule has 17 heavy (non-hydrogen) atoms. The summed E-state index contributed by atoms with van der Waals surface area (Å²) in [5, 5.41) is 0.324. The smallest absolute Gasteiger partial charge is 0.141 e. The number of ether oxygens (including phenoxy) is 1. The zero-order valence-electron chi connectivity index (χ0n) is 10.1. The van der Waals surface area contributed by atoms with Gasteiger partial charge >= 0.3 is 0 Å². The fraction of sp³-hybridized carbons (Fsp3) is 0.538. The van der Waals surface area contributed by atoms with Gasteiger partial charge in [0.05, 0.1) is 12.1 Å². The molecule has 1 aromatic carbocycles. The molecule has 1 fully saturated rings. The molecule has 0 unspecified atom stereocenters. The fourth-order valence-electron chi connectivity index (χ4n) is 2.69. The van der Waals surface area contributed by atoms with Crippen LogP contribution < -0.4 is 10.5 Å². The molecule has 0 saturated heterocycles. The molecular weight excluding hydrogens is 241 g/mol. The summed E-state index contributed by atoms with van der Waals surface area (Å²) in [5.41, 5.74) is 7.19. The van der Waals surface area contributed by atoms with E-state index >= 15 is 0 Å². The van der Waals surface area contributed by atoms with Gasteiger partial charge in [0.15, 0.2) is 0 Å². The highest BCUT2D eigenvalue weighted by molar-refractivity contribution is 6.32. The normalized spacial score (nSPS) is 17.7. The second-order valence-corrected chi connectivity index (χ2v) is 5.12. The third-order valence-electron chi connectivity index (χ3n) is 3.87. The standard InChI is InChI=1S/C13H17ClFNO/c1-8-10(15)6-9(14)12(17-2)11(8)13(7-16)4-3-5-13/h6H,3-5,7,16H2,1-2H3. The van der Waals surface area contributed by atoms with Crippen LogP contribution in [0.4, 0.5) is 4.39 Å². The first-order valence-corrected chi connectivity index (χ1v) is 6.16. The van der Waals surface area contributed by atoms with Gasteiger partial charge in [0.1, 0.15) is 11.6 Å². The minimum absolute atomic E-state index is 0.152. The first-order valence-electron chi connectivity index (χ1n) is 5.79. The van der Waals surface area contributed by atoms with Gasteiger partial charge in [-0.15, -0.1) is 0 Å². The van der Waals surface area contributed by atoms with Crippen LogP contribution in [0.15, 0.2) is 6.07 Å². The van der Waals surface area contributed by atoms with Crippen molar-refractivity contribution in [2.75, 3.05) is 13.7 Å². The third kappa shape index (κ3) is 1.81. The van der Waals surface area contributed by atoms with Crippen molar-refractivity contribution in [2.45, 2.75) is 31.6 Å². The molecule has 0 aromatic heterocycles. The molecule has 2 N–H and O–H groups in total. The minimum Gasteiger partial charge on any atom is -0.495 e.